The molecule has 2 rings (SSSR count). The number of rotatable bonds is 2. The lowest BCUT2D eigenvalue weighted by atomic mass is 9.67. The largest absolute Gasteiger partial charge is 0.321 e. The molecule has 3 atom stereocenters. The summed E-state index contributed by atoms with van der Waals surface area (Å²) in [6, 6.07) is 8.39. The van der Waals surface area contributed by atoms with Gasteiger partial charge in [0.2, 0.25) is 0 Å². The van der Waals surface area contributed by atoms with Crippen LogP contribution in [0.25, 0.3) is 0 Å². The summed E-state index contributed by atoms with van der Waals surface area (Å²) in [5, 5.41) is 0. The maximum Gasteiger partial charge on any atom is 0.0421 e. The molecule has 0 spiro atoms. The quantitative estimate of drug-likeness (QED) is 0.842. The predicted octanol–water partition coefficient (Wildman–Crippen LogP) is 4.70. The fourth-order valence-corrected chi connectivity index (χ4v) is 4.27. The van der Waals surface area contributed by atoms with Crippen molar-refractivity contribution in [2.75, 3.05) is 0 Å². The zero-order valence-corrected chi connectivity index (χ0v) is 13.2. The van der Waals surface area contributed by atoms with Crippen LogP contribution in [0, 0.1) is 17.8 Å². The molecule has 0 saturated heterocycles. The van der Waals surface area contributed by atoms with Gasteiger partial charge in [-0.15, -0.1) is 0 Å². The van der Waals surface area contributed by atoms with Gasteiger partial charge < -0.3 is 5.73 Å². The first-order valence-corrected chi connectivity index (χ1v) is 7.74. The second-order valence-corrected chi connectivity index (χ2v) is 7.23. The highest BCUT2D eigenvalue weighted by Crippen LogP contribution is 2.43. The third-order valence-electron chi connectivity index (χ3n) is 4.48. The topological polar surface area (TPSA) is 26.0 Å². The van der Waals surface area contributed by atoms with E-state index in [1.807, 2.05) is 0 Å². The van der Waals surface area contributed by atoms with Crippen LogP contribution in [-0.4, -0.2) is 0 Å². The first-order valence-electron chi connectivity index (χ1n) is 6.95. The molecule has 0 aliphatic heterocycles. The molecule has 18 heavy (non-hydrogen) atoms. The number of halogens is 1. The van der Waals surface area contributed by atoms with Gasteiger partial charge in [0, 0.05) is 10.0 Å². The smallest absolute Gasteiger partial charge is 0.0421 e. The van der Waals surface area contributed by atoms with E-state index >= 15 is 0 Å². The Hall–Kier alpha value is -0.340. The number of hydrogen-bond donors (Lipinski definition) is 1. The molecule has 1 saturated carbocycles. The first-order chi connectivity index (χ1) is 8.41. The van der Waals surface area contributed by atoms with Crippen molar-refractivity contribution < 1.29 is 0 Å². The summed E-state index contributed by atoms with van der Waals surface area (Å²) in [5.74, 6) is 2.17. The van der Waals surface area contributed by atoms with Gasteiger partial charge in [-0.3, -0.25) is 0 Å². The first kappa shape index (κ1) is 14.1. The Morgan fingerprint density at radius 1 is 1.11 bits per heavy atom. The summed E-state index contributed by atoms with van der Waals surface area (Å²) in [7, 11) is 0. The number of nitrogens with two attached hydrogens (primary N) is 1. The molecule has 0 heterocycles. The standard InChI is InChI=1S/C16H24BrN/c1-11-8-12(2)10-13(9-11)16(3,18)14-6-4-5-7-15(14)17/h4-7,11-13H,8-10,18H2,1-3H3. The molecule has 0 radical (unpaired) electrons. The maximum absolute atomic E-state index is 6.71. The van der Waals surface area contributed by atoms with Gasteiger partial charge in [-0.25, -0.2) is 0 Å². The van der Waals surface area contributed by atoms with Gasteiger partial charge in [0.05, 0.1) is 0 Å². The van der Waals surface area contributed by atoms with E-state index < -0.39 is 0 Å². The molecule has 1 aromatic rings. The van der Waals surface area contributed by atoms with Crippen molar-refractivity contribution in [2.45, 2.75) is 45.6 Å². The number of benzene rings is 1. The van der Waals surface area contributed by atoms with Crippen LogP contribution in [-0.2, 0) is 5.54 Å². The van der Waals surface area contributed by atoms with Gasteiger partial charge in [0.1, 0.15) is 0 Å². The summed E-state index contributed by atoms with van der Waals surface area (Å²) >= 11 is 3.65. The van der Waals surface area contributed by atoms with Gasteiger partial charge in [0.15, 0.2) is 0 Å². The maximum atomic E-state index is 6.71. The number of hydrogen-bond acceptors (Lipinski definition) is 1. The van der Waals surface area contributed by atoms with Crippen LogP contribution in [0.4, 0.5) is 0 Å². The van der Waals surface area contributed by atoms with E-state index in [0.29, 0.717) is 5.92 Å². The van der Waals surface area contributed by atoms with E-state index in [-0.39, 0.29) is 5.54 Å². The van der Waals surface area contributed by atoms with Crippen molar-refractivity contribution >= 4 is 15.9 Å². The minimum Gasteiger partial charge on any atom is -0.321 e. The molecule has 2 N–H and O–H groups in total. The third-order valence-corrected chi connectivity index (χ3v) is 5.17. The second kappa shape index (κ2) is 5.34. The molecule has 1 aliphatic rings. The van der Waals surface area contributed by atoms with Crippen molar-refractivity contribution in [1.82, 2.24) is 0 Å². The lowest BCUT2D eigenvalue weighted by Crippen LogP contribution is -2.44. The molecular weight excluding hydrogens is 286 g/mol. The van der Waals surface area contributed by atoms with Gasteiger partial charge in [-0.05, 0) is 55.6 Å². The molecule has 0 bridgehead atoms. The lowest BCUT2D eigenvalue weighted by molar-refractivity contribution is 0.144. The molecule has 3 unspecified atom stereocenters. The molecule has 1 aromatic carbocycles. The average Bonchev–Trinajstić information content (AvgIpc) is 2.28. The Morgan fingerprint density at radius 3 is 2.22 bits per heavy atom. The van der Waals surface area contributed by atoms with Gasteiger partial charge in [0.25, 0.3) is 0 Å². The van der Waals surface area contributed by atoms with E-state index in [1.54, 1.807) is 0 Å². The van der Waals surface area contributed by atoms with Crippen molar-refractivity contribution in [3.8, 4) is 0 Å². The van der Waals surface area contributed by atoms with E-state index in [4.69, 9.17) is 5.73 Å². The third kappa shape index (κ3) is 2.80. The van der Waals surface area contributed by atoms with Gasteiger partial charge in [-0.1, -0.05) is 48.0 Å². The Labute approximate surface area is 119 Å². The fourth-order valence-electron chi connectivity index (χ4n) is 3.55. The Balaban J connectivity index is 2.28. The van der Waals surface area contributed by atoms with Crippen molar-refractivity contribution in [1.29, 1.82) is 0 Å². The SMILES string of the molecule is CC1CC(C)CC(C(C)(N)c2ccccc2Br)C1. The zero-order chi connectivity index (χ0) is 13.3. The van der Waals surface area contributed by atoms with Crippen LogP contribution in [0.15, 0.2) is 28.7 Å². The summed E-state index contributed by atoms with van der Waals surface area (Å²) in [6.45, 7) is 6.92. The predicted molar refractivity (Wildman–Crippen MR) is 81.4 cm³/mol. The fraction of sp³-hybridized carbons (Fsp3) is 0.625. The Bertz CT molecular complexity index is 403. The normalized spacial score (nSPS) is 31.9. The summed E-state index contributed by atoms with van der Waals surface area (Å²) < 4.78 is 1.14. The van der Waals surface area contributed by atoms with E-state index in [2.05, 4.69) is 61.0 Å². The molecule has 100 valence electrons. The van der Waals surface area contributed by atoms with Crippen LogP contribution >= 0.6 is 15.9 Å². The average molecular weight is 310 g/mol. The van der Waals surface area contributed by atoms with Crippen LogP contribution in [0.5, 0.6) is 0 Å². The highest BCUT2D eigenvalue weighted by Gasteiger charge is 2.37. The lowest BCUT2D eigenvalue weighted by Gasteiger charge is -2.42. The van der Waals surface area contributed by atoms with Crippen molar-refractivity contribution in [2.24, 2.45) is 23.5 Å². The van der Waals surface area contributed by atoms with Crippen LogP contribution in [0.1, 0.15) is 45.6 Å². The van der Waals surface area contributed by atoms with Crippen LogP contribution < -0.4 is 5.73 Å². The molecule has 1 nitrogen and oxygen atoms in total. The molecule has 0 amide bonds. The molecule has 2 heteroatoms. The highest BCUT2D eigenvalue weighted by atomic mass is 79.9. The molecule has 0 aromatic heterocycles. The van der Waals surface area contributed by atoms with Gasteiger partial charge >= 0.3 is 0 Å². The molecule has 1 fully saturated rings. The minimum absolute atomic E-state index is 0.233. The Morgan fingerprint density at radius 2 is 1.67 bits per heavy atom. The van der Waals surface area contributed by atoms with Crippen molar-refractivity contribution in [3.05, 3.63) is 34.3 Å². The van der Waals surface area contributed by atoms with Crippen LogP contribution in [0.3, 0.4) is 0 Å². The molecular formula is C16H24BrN. The highest BCUT2D eigenvalue weighted by molar-refractivity contribution is 9.10. The Kier molecular flexibility index (Phi) is 4.18. The summed E-state index contributed by atoms with van der Waals surface area (Å²) in [4.78, 5) is 0. The summed E-state index contributed by atoms with van der Waals surface area (Å²) in [5.41, 5.74) is 7.72. The van der Waals surface area contributed by atoms with Gasteiger partial charge in [-0.2, -0.15) is 0 Å². The minimum atomic E-state index is -0.233. The second-order valence-electron chi connectivity index (χ2n) is 6.38. The van der Waals surface area contributed by atoms with E-state index in [9.17, 15) is 0 Å². The zero-order valence-electron chi connectivity index (χ0n) is 11.6. The summed E-state index contributed by atoms with van der Waals surface area (Å²) in [6.07, 6.45) is 3.85. The molecule has 1 aliphatic carbocycles. The van der Waals surface area contributed by atoms with E-state index in [1.165, 1.54) is 24.8 Å². The van der Waals surface area contributed by atoms with E-state index in [0.717, 1.165) is 16.3 Å². The monoisotopic (exact) mass is 309 g/mol. The van der Waals surface area contributed by atoms with Crippen LogP contribution in [0.2, 0.25) is 0 Å². The van der Waals surface area contributed by atoms with Crippen molar-refractivity contribution in [3.63, 3.8) is 0 Å².